The SMILES string of the molecule is COCc1nnc(C2CCC(Oc3cnccn3)CC2)n1-c1ccc(C)cc1. The molecule has 1 saturated carbocycles. The fraction of sp³-hybridized carbons (Fsp3) is 0.429. The van der Waals surface area contributed by atoms with Crippen molar-refractivity contribution < 1.29 is 9.47 Å². The van der Waals surface area contributed by atoms with Crippen LogP contribution < -0.4 is 4.74 Å². The van der Waals surface area contributed by atoms with Gasteiger partial charge in [0.1, 0.15) is 18.5 Å². The zero-order valence-electron chi connectivity index (χ0n) is 16.3. The summed E-state index contributed by atoms with van der Waals surface area (Å²) in [6, 6.07) is 8.46. The van der Waals surface area contributed by atoms with Crippen LogP contribution in [-0.2, 0) is 11.3 Å². The molecule has 2 aromatic heterocycles. The van der Waals surface area contributed by atoms with E-state index in [-0.39, 0.29) is 6.10 Å². The maximum absolute atomic E-state index is 5.97. The van der Waals surface area contributed by atoms with Crippen molar-refractivity contribution >= 4 is 0 Å². The summed E-state index contributed by atoms with van der Waals surface area (Å²) in [5.74, 6) is 2.78. The monoisotopic (exact) mass is 379 g/mol. The third kappa shape index (κ3) is 4.04. The van der Waals surface area contributed by atoms with Crippen LogP contribution in [0.1, 0.15) is 48.8 Å². The van der Waals surface area contributed by atoms with Crippen LogP contribution in [0, 0.1) is 6.92 Å². The van der Waals surface area contributed by atoms with E-state index >= 15 is 0 Å². The minimum atomic E-state index is 0.169. The van der Waals surface area contributed by atoms with Gasteiger partial charge in [0.2, 0.25) is 5.88 Å². The van der Waals surface area contributed by atoms with Gasteiger partial charge in [-0.3, -0.25) is 9.55 Å². The van der Waals surface area contributed by atoms with Gasteiger partial charge in [-0.1, -0.05) is 17.7 Å². The fourth-order valence-electron chi connectivity index (χ4n) is 3.75. The molecule has 1 aliphatic rings. The minimum Gasteiger partial charge on any atom is -0.473 e. The summed E-state index contributed by atoms with van der Waals surface area (Å²) < 4.78 is 13.5. The average Bonchev–Trinajstić information content (AvgIpc) is 3.14. The minimum absolute atomic E-state index is 0.169. The Morgan fingerprint density at radius 2 is 1.82 bits per heavy atom. The van der Waals surface area contributed by atoms with Gasteiger partial charge in [0.15, 0.2) is 5.82 Å². The van der Waals surface area contributed by atoms with Gasteiger partial charge in [-0.25, -0.2) is 4.98 Å². The molecular weight excluding hydrogens is 354 g/mol. The Labute approximate surface area is 164 Å². The smallest absolute Gasteiger partial charge is 0.232 e. The molecule has 28 heavy (non-hydrogen) atoms. The molecule has 0 amide bonds. The van der Waals surface area contributed by atoms with Gasteiger partial charge in [-0.2, -0.15) is 0 Å². The first-order valence-electron chi connectivity index (χ1n) is 9.67. The molecule has 2 heterocycles. The van der Waals surface area contributed by atoms with Crippen molar-refractivity contribution in [2.45, 2.75) is 51.2 Å². The molecule has 3 aromatic rings. The van der Waals surface area contributed by atoms with Crippen LogP contribution in [0.4, 0.5) is 0 Å². The van der Waals surface area contributed by atoms with Crippen molar-refractivity contribution in [1.82, 2.24) is 24.7 Å². The van der Waals surface area contributed by atoms with E-state index in [1.54, 1.807) is 25.7 Å². The van der Waals surface area contributed by atoms with E-state index in [4.69, 9.17) is 9.47 Å². The molecule has 1 aromatic carbocycles. The van der Waals surface area contributed by atoms with Crippen LogP contribution in [0.5, 0.6) is 5.88 Å². The Morgan fingerprint density at radius 3 is 2.50 bits per heavy atom. The molecule has 1 aliphatic carbocycles. The molecule has 0 unspecified atom stereocenters. The molecule has 0 spiro atoms. The van der Waals surface area contributed by atoms with Crippen molar-refractivity contribution in [3.05, 3.63) is 60.1 Å². The van der Waals surface area contributed by atoms with Gasteiger partial charge in [0.05, 0.1) is 6.20 Å². The Bertz CT molecular complexity index is 887. The first kappa shape index (κ1) is 18.6. The third-order valence-electron chi connectivity index (χ3n) is 5.19. The second-order valence-corrected chi connectivity index (χ2v) is 7.21. The molecule has 0 radical (unpaired) electrons. The quantitative estimate of drug-likeness (QED) is 0.651. The number of hydrogen-bond acceptors (Lipinski definition) is 6. The normalized spacial score (nSPS) is 19.5. The molecule has 4 rings (SSSR count). The van der Waals surface area contributed by atoms with Crippen LogP contribution in [0.3, 0.4) is 0 Å². The number of aromatic nitrogens is 5. The zero-order valence-corrected chi connectivity index (χ0v) is 16.3. The molecule has 0 atom stereocenters. The van der Waals surface area contributed by atoms with E-state index in [9.17, 15) is 0 Å². The van der Waals surface area contributed by atoms with Crippen molar-refractivity contribution in [2.75, 3.05) is 7.11 Å². The summed E-state index contributed by atoms with van der Waals surface area (Å²) in [6.07, 6.45) is 9.06. The number of methoxy groups -OCH3 is 1. The van der Waals surface area contributed by atoms with Crippen molar-refractivity contribution in [3.8, 4) is 11.6 Å². The highest BCUT2D eigenvalue weighted by Crippen LogP contribution is 2.35. The molecule has 1 fully saturated rings. The van der Waals surface area contributed by atoms with E-state index < -0.39 is 0 Å². The lowest BCUT2D eigenvalue weighted by atomic mass is 9.86. The molecule has 0 bridgehead atoms. The lowest BCUT2D eigenvalue weighted by molar-refractivity contribution is 0.138. The maximum Gasteiger partial charge on any atom is 0.232 e. The molecule has 0 aliphatic heterocycles. The van der Waals surface area contributed by atoms with Crippen LogP contribution in [0.15, 0.2) is 42.9 Å². The molecular formula is C21H25N5O2. The Morgan fingerprint density at radius 1 is 1.04 bits per heavy atom. The first-order valence-corrected chi connectivity index (χ1v) is 9.67. The number of hydrogen-bond donors (Lipinski definition) is 0. The van der Waals surface area contributed by atoms with Gasteiger partial charge < -0.3 is 9.47 Å². The molecule has 7 nitrogen and oxygen atoms in total. The number of nitrogens with zero attached hydrogens (tertiary/aromatic N) is 5. The van der Waals surface area contributed by atoms with E-state index in [2.05, 4.69) is 55.9 Å². The first-order chi connectivity index (χ1) is 13.7. The van der Waals surface area contributed by atoms with Crippen LogP contribution in [0.25, 0.3) is 5.69 Å². The van der Waals surface area contributed by atoms with Crippen molar-refractivity contribution in [2.24, 2.45) is 0 Å². The second-order valence-electron chi connectivity index (χ2n) is 7.21. The topological polar surface area (TPSA) is 75.0 Å². The zero-order chi connectivity index (χ0) is 19.3. The number of benzene rings is 1. The standard InChI is InChI=1S/C21H25N5O2/c1-15-3-7-17(8-4-15)26-19(14-27-2)24-25-21(26)16-5-9-18(10-6-16)28-20-13-22-11-12-23-20/h3-4,7-8,11-13,16,18H,5-6,9-10,14H2,1-2H3. The van der Waals surface area contributed by atoms with Gasteiger partial charge in [-0.05, 0) is 44.7 Å². The van der Waals surface area contributed by atoms with Crippen LogP contribution in [-0.4, -0.2) is 37.9 Å². The summed E-state index contributed by atoms with van der Waals surface area (Å²) in [6.45, 7) is 2.53. The highest BCUT2D eigenvalue weighted by atomic mass is 16.5. The summed E-state index contributed by atoms with van der Waals surface area (Å²) in [4.78, 5) is 8.27. The summed E-state index contributed by atoms with van der Waals surface area (Å²) in [7, 11) is 1.68. The fourth-order valence-corrected chi connectivity index (χ4v) is 3.75. The molecule has 146 valence electrons. The van der Waals surface area contributed by atoms with Gasteiger partial charge in [-0.15, -0.1) is 10.2 Å². The number of ether oxygens (including phenoxy) is 2. The van der Waals surface area contributed by atoms with E-state index in [0.717, 1.165) is 43.0 Å². The van der Waals surface area contributed by atoms with Gasteiger partial charge >= 0.3 is 0 Å². The average molecular weight is 379 g/mol. The van der Waals surface area contributed by atoms with E-state index in [0.29, 0.717) is 18.4 Å². The number of aryl methyl sites for hydroxylation is 1. The van der Waals surface area contributed by atoms with Gasteiger partial charge in [0, 0.05) is 31.1 Å². The van der Waals surface area contributed by atoms with Crippen molar-refractivity contribution in [3.63, 3.8) is 0 Å². The Kier molecular flexibility index (Phi) is 5.62. The highest BCUT2D eigenvalue weighted by molar-refractivity contribution is 5.37. The number of rotatable bonds is 6. The second kappa shape index (κ2) is 8.48. The third-order valence-corrected chi connectivity index (χ3v) is 5.19. The molecule has 0 saturated heterocycles. The summed E-state index contributed by atoms with van der Waals surface area (Å²) in [5, 5.41) is 8.94. The lowest BCUT2D eigenvalue weighted by Gasteiger charge is -2.28. The molecule has 0 N–H and O–H groups in total. The van der Waals surface area contributed by atoms with Crippen LogP contribution >= 0.6 is 0 Å². The van der Waals surface area contributed by atoms with Crippen LogP contribution in [0.2, 0.25) is 0 Å². The largest absolute Gasteiger partial charge is 0.473 e. The summed E-state index contributed by atoms with van der Waals surface area (Å²) in [5.41, 5.74) is 2.31. The van der Waals surface area contributed by atoms with E-state index in [1.807, 2.05) is 0 Å². The van der Waals surface area contributed by atoms with Gasteiger partial charge in [0.25, 0.3) is 0 Å². The predicted molar refractivity (Wildman–Crippen MR) is 104 cm³/mol. The predicted octanol–water partition coefficient (Wildman–Crippen LogP) is 3.62. The Balaban J connectivity index is 1.51. The summed E-state index contributed by atoms with van der Waals surface area (Å²) >= 11 is 0. The van der Waals surface area contributed by atoms with E-state index in [1.165, 1.54) is 5.56 Å². The lowest BCUT2D eigenvalue weighted by Crippen LogP contribution is -2.25. The van der Waals surface area contributed by atoms with Crippen molar-refractivity contribution in [1.29, 1.82) is 0 Å². The molecule has 7 heteroatoms. The maximum atomic E-state index is 5.97. The highest BCUT2D eigenvalue weighted by Gasteiger charge is 2.28. The Hall–Kier alpha value is -2.80.